The van der Waals surface area contributed by atoms with Crippen LogP contribution in [0.25, 0.3) is 17.0 Å². The zero-order valence-corrected chi connectivity index (χ0v) is 18.6. The molecule has 0 fully saturated rings. The van der Waals surface area contributed by atoms with Gasteiger partial charge in [0.2, 0.25) is 11.8 Å². The van der Waals surface area contributed by atoms with E-state index in [1.54, 1.807) is 34.2 Å². The molecule has 2 amide bonds. The van der Waals surface area contributed by atoms with Gasteiger partial charge in [-0.25, -0.2) is 4.98 Å². The topological polar surface area (TPSA) is 86.4 Å². The van der Waals surface area contributed by atoms with Crippen LogP contribution in [0, 0.1) is 0 Å². The van der Waals surface area contributed by atoms with Gasteiger partial charge in [0.25, 0.3) is 5.56 Å². The van der Waals surface area contributed by atoms with Crippen molar-refractivity contribution in [2.75, 3.05) is 6.54 Å². The van der Waals surface area contributed by atoms with Crippen LogP contribution >= 0.6 is 11.6 Å². The molecule has 1 atom stereocenters. The lowest BCUT2D eigenvalue weighted by Gasteiger charge is -2.33. The first-order valence-corrected chi connectivity index (χ1v) is 10.8. The van der Waals surface area contributed by atoms with Gasteiger partial charge in [-0.2, -0.15) is 0 Å². The molecule has 2 aromatic carbocycles. The molecule has 1 aliphatic rings. The van der Waals surface area contributed by atoms with Gasteiger partial charge in [-0.15, -0.1) is 0 Å². The molecular weight excluding hydrogens is 428 g/mol. The quantitative estimate of drug-likeness (QED) is 0.639. The first-order valence-electron chi connectivity index (χ1n) is 10.4. The molecule has 0 saturated carbocycles. The third-order valence-electron chi connectivity index (χ3n) is 5.63. The van der Waals surface area contributed by atoms with Crippen LogP contribution in [0.3, 0.4) is 0 Å². The number of aromatic nitrogens is 2. The third kappa shape index (κ3) is 4.29. The van der Waals surface area contributed by atoms with Crippen molar-refractivity contribution in [3.8, 4) is 0 Å². The Hall–Kier alpha value is -3.45. The van der Waals surface area contributed by atoms with Crippen molar-refractivity contribution < 1.29 is 9.59 Å². The van der Waals surface area contributed by atoms with Gasteiger partial charge in [-0.1, -0.05) is 35.9 Å². The number of fused-ring (bicyclic) bond motifs is 2. The minimum absolute atomic E-state index is 0.123. The number of carbonyl (C=O) groups is 2. The number of nitrogens with one attached hydrogen (secondary N) is 1. The molecule has 8 heteroatoms. The average Bonchev–Trinajstić information content (AvgIpc) is 2.77. The zero-order valence-electron chi connectivity index (χ0n) is 17.8. The number of carbonyl (C=O) groups excluding carboxylic acids is 2. The Bertz CT molecular complexity index is 1280. The van der Waals surface area contributed by atoms with E-state index in [0.29, 0.717) is 28.3 Å². The molecule has 0 bridgehead atoms. The third-order valence-corrected chi connectivity index (χ3v) is 5.86. The standard InChI is InChI=1S/C24H23ClN4O3/c1-3-28(14-22-26-20-12-17(25)8-9-19(20)24(32)27-22)23(31)13-21-18-7-5-4-6-16(18)10-11-29(21)15(2)30/h4-12,21H,3,13-14H2,1-2H3,(H,26,27,32)/t21-/m1/s1. The first kappa shape index (κ1) is 21.8. The van der Waals surface area contributed by atoms with E-state index in [9.17, 15) is 14.4 Å². The number of hydrogen-bond donors (Lipinski definition) is 1. The molecule has 0 radical (unpaired) electrons. The van der Waals surface area contributed by atoms with Gasteiger partial charge in [0.05, 0.1) is 29.9 Å². The van der Waals surface area contributed by atoms with Gasteiger partial charge in [0, 0.05) is 24.7 Å². The van der Waals surface area contributed by atoms with E-state index in [0.717, 1.165) is 11.1 Å². The summed E-state index contributed by atoms with van der Waals surface area (Å²) in [5, 5.41) is 0.925. The van der Waals surface area contributed by atoms with Crippen molar-refractivity contribution in [3.63, 3.8) is 0 Å². The van der Waals surface area contributed by atoms with Gasteiger partial charge in [0.1, 0.15) is 5.82 Å². The number of benzene rings is 2. The van der Waals surface area contributed by atoms with Crippen molar-refractivity contribution in [2.45, 2.75) is 32.9 Å². The Morgan fingerprint density at radius 2 is 2.00 bits per heavy atom. The largest absolute Gasteiger partial charge is 0.335 e. The van der Waals surface area contributed by atoms with E-state index in [1.807, 2.05) is 37.3 Å². The molecule has 4 rings (SSSR count). The summed E-state index contributed by atoms with van der Waals surface area (Å²) in [6, 6.07) is 12.2. The van der Waals surface area contributed by atoms with Crippen molar-refractivity contribution in [3.05, 3.63) is 81.0 Å². The summed E-state index contributed by atoms with van der Waals surface area (Å²) in [5.41, 5.74) is 2.12. The Kier molecular flexibility index (Phi) is 6.10. The number of halogens is 1. The van der Waals surface area contributed by atoms with Crippen molar-refractivity contribution in [2.24, 2.45) is 0 Å². The Morgan fingerprint density at radius 1 is 1.22 bits per heavy atom. The second-order valence-electron chi connectivity index (χ2n) is 7.67. The van der Waals surface area contributed by atoms with Crippen LogP contribution < -0.4 is 5.56 Å². The van der Waals surface area contributed by atoms with Gasteiger partial charge in [-0.3, -0.25) is 14.4 Å². The number of amides is 2. The monoisotopic (exact) mass is 450 g/mol. The smallest absolute Gasteiger partial charge is 0.258 e. The molecule has 3 aromatic rings. The highest BCUT2D eigenvalue weighted by atomic mass is 35.5. The number of H-pyrrole nitrogens is 1. The van der Waals surface area contributed by atoms with Crippen LogP contribution in [0.1, 0.15) is 43.3 Å². The van der Waals surface area contributed by atoms with Crippen molar-refractivity contribution in [1.82, 2.24) is 19.8 Å². The molecule has 0 unspecified atom stereocenters. The van der Waals surface area contributed by atoms with Crippen LogP contribution in [-0.2, 0) is 16.1 Å². The molecule has 0 saturated heterocycles. The fraction of sp³-hybridized carbons (Fsp3) is 0.250. The lowest BCUT2D eigenvalue weighted by Crippen LogP contribution is -2.37. The summed E-state index contributed by atoms with van der Waals surface area (Å²) in [5.74, 6) is 0.115. The molecular formula is C24H23ClN4O3. The van der Waals surface area contributed by atoms with E-state index in [1.165, 1.54) is 6.92 Å². The lowest BCUT2D eigenvalue weighted by atomic mass is 9.93. The van der Waals surface area contributed by atoms with E-state index in [4.69, 9.17) is 11.6 Å². The van der Waals surface area contributed by atoms with Crippen LogP contribution in [-0.4, -0.2) is 38.1 Å². The highest BCUT2D eigenvalue weighted by Crippen LogP contribution is 2.33. The van der Waals surface area contributed by atoms with E-state index >= 15 is 0 Å². The maximum Gasteiger partial charge on any atom is 0.258 e. The van der Waals surface area contributed by atoms with Gasteiger partial charge >= 0.3 is 0 Å². The number of hydrogen-bond acceptors (Lipinski definition) is 4. The van der Waals surface area contributed by atoms with Gasteiger partial charge in [0.15, 0.2) is 0 Å². The van der Waals surface area contributed by atoms with Crippen LogP contribution in [0.15, 0.2) is 53.5 Å². The van der Waals surface area contributed by atoms with Gasteiger partial charge in [-0.05, 0) is 42.3 Å². The molecule has 1 aromatic heterocycles. The predicted octanol–water partition coefficient (Wildman–Crippen LogP) is 3.89. The summed E-state index contributed by atoms with van der Waals surface area (Å²) in [6.45, 7) is 3.94. The molecule has 32 heavy (non-hydrogen) atoms. The molecule has 0 aliphatic carbocycles. The minimum Gasteiger partial charge on any atom is -0.335 e. The normalized spacial score (nSPS) is 15.0. The number of aromatic amines is 1. The Balaban J connectivity index is 1.59. The Labute approximate surface area is 190 Å². The molecule has 0 spiro atoms. The second-order valence-corrected chi connectivity index (χ2v) is 8.11. The summed E-state index contributed by atoms with van der Waals surface area (Å²) in [4.78, 5) is 48.3. The zero-order chi connectivity index (χ0) is 22.8. The maximum absolute atomic E-state index is 13.3. The number of nitrogens with zero attached hydrogens (tertiary/aromatic N) is 3. The van der Waals surface area contributed by atoms with Crippen LogP contribution in [0.2, 0.25) is 5.02 Å². The Morgan fingerprint density at radius 3 is 2.75 bits per heavy atom. The molecule has 1 aliphatic heterocycles. The molecule has 2 heterocycles. The molecule has 164 valence electrons. The summed E-state index contributed by atoms with van der Waals surface area (Å²) >= 11 is 6.04. The highest BCUT2D eigenvalue weighted by Gasteiger charge is 2.29. The van der Waals surface area contributed by atoms with E-state index in [-0.39, 0.29) is 30.3 Å². The van der Waals surface area contributed by atoms with Crippen molar-refractivity contribution in [1.29, 1.82) is 0 Å². The van der Waals surface area contributed by atoms with Crippen molar-refractivity contribution >= 4 is 40.4 Å². The summed E-state index contributed by atoms with van der Waals surface area (Å²) in [6.07, 6.45) is 3.73. The highest BCUT2D eigenvalue weighted by molar-refractivity contribution is 6.31. The van der Waals surface area contributed by atoms with Crippen LogP contribution in [0.5, 0.6) is 0 Å². The van der Waals surface area contributed by atoms with Gasteiger partial charge < -0.3 is 14.8 Å². The average molecular weight is 451 g/mol. The fourth-order valence-electron chi connectivity index (χ4n) is 4.00. The maximum atomic E-state index is 13.3. The fourth-order valence-corrected chi connectivity index (χ4v) is 4.17. The summed E-state index contributed by atoms with van der Waals surface area (Å²) < 4.78 is 0. The molecule has 7 nitrogen and oxygen atoms in total. The second kappa shape index (κ2) is 8.96. The van der Waals surface area contributed by atoms with E-state index in [2.05, 4.69) is 9.97 Å². The summed E-state index contributed by atoms with van der Waals surface area (Å²) in [7, 11) is 0. The van der Waals surface area contributed by atoms with E-state index < -0.39 is 6.04 Å². The number of rotatable bonds is 5. The predicted molar refractivity (Wildman–Crippen MR) is 124 cm³/mol. The minimum atomic E-state index is -0.391. The lowest BCUT2D eigenvalue weighted by molar-refractivity contribution is -0.135. The van der Waals surface area contributed by atoms with Crippen LogP contribution in [0.4, 0.5) is 0 Å². The SMILES string of the molecule is CCN(Cc1nc2cc(Cl)ccc2c(=O)[nH]1)C(=O)C[C@@H]1c2ccccc2C=CN1C(C)=O. The first-order chi connectivity index (χ1) is 15.4. The molecule has 1 N–H and O–H groups in total.